The van der Waals surface area contributed by atoms with Crippen LogP contribution in [0.4, 0.5) is 5.69 Å². The molecular formula is C19H26N2O6. The lowest BCUT2D eigenvalue weighted by molar-refractivity contribution is -0.135. The molecule has 2 amide bonds. The average Bonchev–Trinajstić information content (AvgIpc) is 2.66. The summed E-state index contributed by atoms with van der Waals surface area (Å²) in [6.45, 7) is 4.50. The van der Waals surface area contributed by atoms with Crippen LogP contribution in [0.3, 0.4) is 0 Å². The van der Waals surface area contributed by atoms with Crippen molar-refractivity contribution in [3.8, 4) is 5.75 Å². The van der Waals surface area contributed by atoms with E-state index in [1.807, 2.05) is 0 Å². The van der Waals surface area contributed by atoms with Gasteiger partial charge in [0, 0.05) is 32.9 Å². The van der Waals surface area contributed by atoms with Crippen molar-refractivity contribution in [3.63, 3.8) is 0 Å². The molecule has 1 aliphatic rings. The molecule has 1 unspecified atom stereocenters. The lowest BCUT2D eigenvalue weighted by Gasteiger charge is -2.36. The maximum atomic E-state index is 13.0. The summed E-state index contributed by atoms with van der Waals surface area (Å²) in [5.74, 6) is -0.211. The first-order chi connectivity index (χ1) is 12.9. The molecule has 1 aromatic rings. The van der Waals surface area contributed by atoms with Crippen LogP contribution in [0.25, 0.3) is 0 Å². The Labute approximate surface area is 159 Å². The Bertz CT molecular complexity index is 697. The van der Waals surface area contributed by atoms with Gasteiger partial charge in [-0.3, -0.25) is 19.3 Å². The van der Waals surface area contributed by atoms with Crippen LogP contribution in [0.15, 0.2) is 18.2 Å². The molecule has 0 spiro atoms. The minimum Gasteiger partial charge on any atom is -0.482 e. The summed E-state index contributed by atoms with van der Waals surface area (Å²) >= 11 is 0. The van der Waals surface area contributed by atoms with E-state index in [1.54, 1.807) is 44.2 Å². The molecule has 8 heteroatoms. The predicted octanol–water partition coefficient (Wildman–Crippen LogP) is 1.12. The summed E-state index contributed by atoms with van der Waals surface area (Å²) in [5.41, 5.74) is 0.880. The number of ketones is 1. The van der Waals surface area contributed by atoms with Crippen molar-refractivity contribution >= 4 is 23.3 Å². The number of nitrogens with zero attached hydrogens (tertiary/aromatic N) is 2. The van der Waals surface area contributed by atoms with Crippen LogP contribution < -0.4 is 9.64 Å². The van der Waals surface area contributed by atoms with Gasteiger partial charge in [-0.25, -0.2) is 0 Å². The van der Waals surface area contributed by atoms with Crippen LogP contribution in [0.5, 0.6) is 5.75 Å². The van der Waals surface area contributed by atoms with Crippen LogP contribution in [0.1, 0.15) is 24.2 Å². The summed E-state index contributed by atoms with van der Waals surface area (Å²) in [4.78, 5) is 40.3. The maximum Gasteiger partial charge on any atom is 0.265 e. The molecule has 1 heterocycles. The fourth-order valence-corrected chi connectivity index (χ4v) is 2.92. The Balaban J connectivity index is 2.31. The number of rotatable bonds is 9. The summed E-state index contributed by atoms with van der Waals surface area (Å²) in [6, 6.07) is 4.13. The molecule has 27 heavy (non-hydrogen) atoms. The molecule has 1 atom stereocenters. The number of fused-ring (bicyclic) bond motifs is 1. The Hall–Kier alpha value is -2.45. The van der Waals surface area contributed by atoms with Crippen molar-refractivity contribution in [1.82, 2.24) is 4.90 Å². The van der Waals surface area contributed by atoms with Gasteiger partial charge in [-0.2, -0.15) is 0 Å². The smallest absolute Gasteiger partial charge is 0.265 e. The molecule has 8 nitrogen and oxygen atoms in total. The van der Waals surface area contributed by atoms with Gasteiger partial charge in [0.2, 0.25) is 5.91 Å². The van der Waals surface area contributed by atoms with Gasteiger partial charge in [0.25, 0.3) is 5.91 Å². The highest BCUT2D eigenvalue weighted by Gasteiger charge is 2.35. The summed E-state index contributed by atoms with van der Waals surface area (Å²) in [5, 5.41) is 0. The topological polar surface area (TPSA) is 85.4 Å². The lowest BCUT2D eigenvalue weighted by Crippen LogP contribution is -2.53. The molecule has 0 N–H and O–H groups in total. The zero-order valence-electron chi connectivity index (χ0n) is 16.2. The van der Waals surface area contributed by atoms with E-state index in [9.17, 15) is 14.4 Å². The van der Waals surface area contributed by atoms with Crippen LogP contribution in [-0.2, 0) is 19.1 Å². The molecule has 0 saturated heterocycles. The van der Waals surface area contributed by atoms with Gasteiger partial charge < -0.3 is 19.1 Å². The highest BCUT2D eigenvalue weighted by atomic mass is 16.5. The first kappa shape index (κ1) is 20.9. The minimum absolute atomic E-state index is 0.128. The molecule has 0 aromatic heterocycles. The highest BCUT2D eigenvalue weighted by Crippen LogP contribution is 2.34. The largest absolute Gasteiger partial charge is 0.482 e. The van der Waals surface area contributed by atoms with Gasteiger partial charge >= 0.3 is 0 Å². The fourth-order valence-electron chi connectivity index (χ4n) is 2.92. The maximum absolute atomic E-state index is 13.0. The minimum atomic E-state index is -0.754. The van der Waals surface area contributed by atoms with Gasteiger partial charge in [-0.15, -0.1) is 0 Å². The number of amides is 2. The summed E-state index contributed by atoms with van der Waals surface area (Å²) in [7, 11) is 3.13. The molecule has 148 valence electrons. The summed E-state index contributed by atoms with van der Waals surface area (Å²) < 4.78 is 15.6. The zero-order valence-corrected chi connectivity index (χ0v) is 16.2. The average molecular weight is 378 g/mol. The van der Waals surface area contributed by atoms with E-state index in [2.05, 4.69) is 0 Å². The van der Waals surface area contributed by atoms with Crippen molar-refractivity contribution in [2.24, 2.45) is 0 Å². The van der Waals surface area contributed by atoms with Crippen molar-refractivity contribution in [1.29, 1.82) is 0 Å². The van der Waals surface area contributed by atoms with E-state index in [-0.39, 0.29) is 24.2 Å². The zero-order chi connectivity index (χ0) is 20.0. The highest BCUT2D eigenvalue weighted by molar-refractivity contribution is 6.05. The van der Waals surface area contributed by atoms with E-state index in [4.69, 9.17) is 14.2 Å². The SMILES string of the molecule is COCCN(CCOC)C(=O)C(C)N1C(=O)COc2ccc(C(C)=O)cc21. The number of benzene rings is 1. The normalized spacial score (nSPS) is 14.4. The van der Waals surface area contributed by atoms with Gasteiger partial charge in [-0.1, -0.05) is 0 Å². The first-order valence-corrected chi connectivity index (χ1v) is 8.77. The van der Waals surface area contributed by atoms with Gasteiger partial charge in [0.1, 0.15) is 11.8 Å². The molecule has 0 saturated carbocycles. The second kappa shape index (κ2) is 9.48. The van der Waals surface area contributed by atoms with Gasteiger partial charge in [0.05, 0.1) is 18.9 Å². The van der Waals surface area contributed by atoms with E-state index >= 15 is 0 Å². The molecular weight excluding hydrogens is 352 g/mol. The second-order valence-corrected chi connectivity index (χ2v) is 6.28. The lowest BCUT2D eigenvalue weighted by atomic mass is 10.1. The molecule has 1 aromatic carbocycles. The molecule has 0 radical (unpaired) electrons. The molecule has 0 bridgehead atoms. The number of anilines is 1. The number of ether oxygens (including phenoxy) is 3. The van der Waals surface area contributed by atoms with Crippen LogP contribution in [0.2, 0.25) is 0 Å². The molecule has 0 aliphatic carbocycles. The Morgan fingerprint density at radius 1 is 1.22 bits per heavy atom. The Morgan fingerprint density at radius 2 is 1.85 bits per heavy atom. The quantitative estimate of drug-likeness (QED) is 0.599. The number of Topliss-reactive ketones (excluding diaryl/α,β-unsaturated/α-hetero) is 1. The standard InChI is InChI=1S/C19H26N2O6/c1-13(19(24)20(7-9-25-3)8-10-26-4)21-16-11-15(14(2)22)5-6-17(16)27-12-18(21)23/h5-6,11,13H,7-10,12H2,1-4H3. The Kier molecular flexibility index (Phi) is 7.32. The van der Waals surface area contributed by atoms with E-state index in [0.29, 0.717) is 43.3 Å². The van der Waals surface area contributed by atoms with E-state index in [1.165, 1.54) is 11.8 Å². The Morgan fingerprint density at radius 3 is 2.41 bits per heavy atom. The number of carbonyl (C=O) groups excluding carboxylic acids is 3. The third kappa shape index (κ3) is 4.84. The van der Waals surface area contributed by atoms with Gasteiger partial charge in [-0.05, 0) is 32.0 Å². The predicted molar refractivity (Wildman–Crippen MR) is 99.2 cm³/mol. The van der Waals surface area contributed by atoms with E-state index in [0.717, 1.165) is 0 Å². The van der Waals surface area contributed by atoms with Crippen molar-refractivity contribution in [2.45, 2.75) is 19.9 Å². The monoisotopic (exact) mass is 378 g/mol. The van der Waals surface area contributed by atoms with Gasteiger partial charge in [0.15, 0.2) is 12.4 Å². The van der Waals surface area contributed by atoms with Crippen LogP contribution in [-0.4, -0.2) is 75.7 Å². The number of carbonyl (C=O) groups is 3. The third-order valence-corrected chi connectivity index (χ3v) is 4.43. The van der Waals surface area contributed by atoms with Crippen molar-refractivity contribution in [3.05, 3.63) is 23.8 Å². The molecule has 1 aliphatic heterocycles. The van der Waals surface area contributed by atoms with Crippen molar-refractivity contribution < 1.29 is 28.6 Å². The fraction of sp³-hybridized carbons (Fsp3) is 0.526. The molecule has 2 rings (SSSR count). The third-order valence-electron chi connectivity index (χ3n) is 4.43. The van der Waals surface area contributed by atoms with Crippen molar-refractivity contribution in [2.75, 3.05) is 52.0 Å². The summed E-state index contributed by atoms with van der Waals surface area (Å²) in [6.07, 6.45) is 0. The molecule has 0 fully saturated rings. The van der Waals surface area contributed by atoms with Crippen LogP contribution in [0, 0.1) is 0 Å². The number of hydrogen-bond acceptors (Lipinski definition) is 6. The first-order valence-electron chi connectivity index (χ1n) is 8.77. The number of hydrogen-bond donors (Lipinski definition) is 0. The van der Waals surface area contributed by atoms with E-state index < -0.39 is 6.04 Å². The van der Waals surface area contributed by atoms with Crippen LogP contribution >= 0.6 is 0 Å². The second-order valence-electron chi connectivity index (χ2n) is 6.28. The number of methoxy groups -OCH3 is 2.